The van der Waals surface area contributed by atoms with Gasteiger partial charge in [-0.15, -0.1) is 0 Å². The highest BCUT2D eigenvalue weighted by Crippen LogP contribution is 2.14. The van der Waals surface area contributed by atoms with Gasteiger partial charge in [0.05, 0.1) is 4.47 Å². The molecule has 14 heavy (non-hydrogen) atoms. The maximum Gasteiger partial charge on any atom is 0.263 e. The fourth-order valence-electron chi connectivity index (χ4n) is 1.33. The molecule has 2 rings (SSSR count). The molecule has 0 saturated heterocycles. The Morgan fingerprint density at radius 3 is 2.93 bits per heavy atom. The summed E-state index contributed by atoms with van der Waals surface area (Å²) >= 11 is 3.12. The van der Waals surface area contributed by atoms with Crippen molar-refractivity contribution in [2.75, 3.05) is 0 Å². The average Bonchev–Trinajstić information content (AvgIpc) is 2.48. The Morgan fingerprint density at radius 1 is 1.57 bits per heavy atom. The van der Waals surface area contributed by atoms with Crippen molar-refractivity contribution in [1.82, 2.24) is 9.55 Å². The second-order valence-electron chi connectivity index (χ2n) is 2.96. The third kappa shape index (κ3) is 1.29. The highest BCUT2D eigenvalue weighted by molar-refractivity contribution is 9.10. The molecule has 0 aliphatic carbocycles. The number of nitrogens with one attached hydrogen (secondary N) is 1. The second kappa shape index (κ2) is 3.09. The Hall–Kier alpha value is -1.36. The fraction of sp³-hybridized carbons (Fsp3) is 0.111. The van der Waals surface area contributed by atoms with E-state index in [0.29, 0.717) is 10.1 Å². The van der Waals surface area contributed by atoms with Gasteiger partial charge in [-0.2, -0.15) is 0 Å². The van der Waals surface area contributed by atoms with Gasteiger partial charge in [0.25, 0.3) is 5.56 Å². The maximum atomic E-state index is 11.3. The van der Waals surface area contributed by atoms with Crippen LogP contribution < -0.4 is 5.56 Å². The summed E-state index contributed by atoms with van der Waals surface area (Å²) in [5.41, 5.74) is 0.296. The third-order valence-electron chi connectivity index (χ3n) is 1.99. The van der Waals surface area contributed by atoms with Crippen LogP contribution in [0.2, 0.25) is 0 Å². The predicted molar refractivity (Wildman–Crippen MR) is 56.6 cm³/mol. The number of pyridine rings is 1. The molecular weight excluding hydrogens is 248 g/mol. The summed E-state index contributed by atoms with van der Waals surface area (Å²) in [6.07, 6.45) is 1.63. The molecule has 0 atom stereocenters. The Bertz CT molecular complexity index is 568. The number of carbonyl (C=O) groups excluding carboxylic acids is 1. The van der Waals surface area contributed by atoms with Crippen LogP contribution in [0, 0.1) is 0 Å². The molecule has 0 aromatic carbocycles. The first kappa shape index (κ1) is 9.21. The van der Waals surface area contributed by atoms with E-state index in [1.54, 1.807) is 18.3 Å². The van der Waals surface area contributed by atoms with Crippen molar-refractivity contribution in [2.24, 2.45) is 0 Å². The molecule has 0 radical (unpaired) electrons. The van der Waals surface area contributed by atoms with Gasteiger partial charge < -0.3 is 4.98 Å². The van der Waals surface area contributed by atoms with Crippen molar-refractivity contribution in [3.05, 3.63) is 33.2 Å². The van der Waals surface area contributed by atoms with E-state index < -0.39 is 0 Å². The van der Waals surface area contributed by atoms with Crippen LogP contribution in [-0.2, 0) is 0 Å². The molecule has 1 N–H and O–H groups in total. The van der Waals surface area contributed by atoms with E-state index in [4.69, 9.17) is 0 Å². The van der Waals surface area contributed by atoms with E-state index in [1.807, 2.05) is 0 Å². The molecule has 2 aromatic heterocycles. The highest BCUT2D eigenvalue weighted by atomic mass is 79.9. The van der Waals surface area contributed by atoms with Gasteiger partial charge in [-0.25, -0.2) is 0 Å². The number of carbonyl (C=O) groups is 1. The van der Waals surface area contributed by atoms with Crippen molar-refractivity contribution < 1.29 is 4.79 Å². The third-order valence-corrected chi connectivity index (χ3v) is 2.58. The van der Waals surface area contributed by atoms with Gasteiger partial charge in [-0.05, 0) is 28.1 Å². The number of fused-ring (bicyclic) bond motifs is 1. The van der Waals surface area contributed by atoms with Gasteiger partial charge in [0.2, 0.25) is 5.91 Å². The van der Waals surface area contributed by atoms with Crippen LogP contribution in [0.25, 0.3) is 11.0 Å². The van der Waals surface area contributed by atoms with Gasteiger partial charge in [-0.1, -0.05) is 0 Å². The Labute approximate surface area is 87.7 Å². The lowest BCUT2D eigenvalue weighted by atomic mass is 10.3. The normalized spacial score (nSPS) is 10.7. The molecule has 0 saturated carbocycles. The Kier molecular flexibility index (Phi) is 2.03. The van der Waals surface area contributed by atoms with E-state index in [1.165, 1.54) is 11.5 Å². The largest absolute Gasteiger partial charge is 0.307 e. The van der Waals surface area contributed by atoms with E-state index in [2.05, 4.69) is 20.9 Å². The zero-order chi connectivity index (χ0) is 10.3. The average molecular weight is 255 g/mol. The Morgan fingerprint density at radius 2 is 2.29 bits per heavy atom. The molecule has 0 unspecified atom stereocenters. The SMILES string of the molecule is CC(=O)n1ccc2cc(Br)c(=O)[nH]c21. The van der Waals surface area contributed by atoms with Crippen LogP contribution in [0.1, 0.15) is 11.7 Å². The van der Waals surface area contributed by atoms with Gasteiger partial charge in [0, 0.05) is 18.5 Å². The molecular formula is C9H7BrN2O2. The summed E-state index contributed by atoms with van der Waals surface area (Å²) in [7, 11) is 0. The summed E-state index contributed by atoms with van der Waals surface area (Å²) < 4.78 is 1.87. The number of H-pyrrole nitrogens is 1. The summed E-state index contributed by atoms with van der Waals surface area (Å²) in [4.78, 5) is 25.1. The van der Waals surface area contributed by atoms with Gasteiger partial charge in [0.1, 0.15) is 5.65 Å². The topological polar surface area (TPSA) is 54.9 Å². The van der Waals surface area contributed by atoms with Crippen LogP contribution in [0.15, 0.2) is 27.6 Å². The summed E-state index contributed by atoms with van der Waals surface area (Å²) in [6.45, 7) is 1.44. The lowest BCUT2D eigenvalue weighted by molar-refractivity contribution is 0.0941. The monoisotopic (exact) mass is 254 g/mol. The zero-order valence-electron chi connectivity index (χ0n) is 7.37. The predicted octanol–water partition coefficient (Wildman–Crippen LogP) is 1.75. The molecule has 4 nitrogen and oxygen atoms in total. The van der Waals surface area contributed by atoms with Crippen LogP contribution in [0.3, 0.4) is 0 Å². The minimum atomic E-state index is -0.237. The first-order valence-corrected chi connectivity index (χ1v) is 4.80. The molecule has 0 amide bonds. The number of rotatable bonds is 0. The van der Waals surface area contributed by atoms with Crippen LogP contribution in [0.4, 0.5) is 0 Å². The number of hydrogen-bond donors (Lipinski definition) is 1. The summed E-state index contributed by atoms with van der Waals surface area (Å²) in [5.74, 6) is -0.127. The molecule has 72 valence electrons. The van der Waals surface area contributed by atoms with Gasteiger partial charge in [0.15, 0.2) is 0 Å². The van der Waals surface area contributed by atoms with E-state index in [-0.39, 0.29) is 11.5 Å². The number of aromatic nitrogens is 2. The molecule has 0 bridgehead atoms. The van der Waals surface area contributed by atoms with Crippen molar-refractivity contribution in [3.63, 3.8) is 0 Å². The molecule has 2 heterocycles. The van der Waals surface area contributed by atoms with Gasteiger partial charge >= 0.3 is 0 Å². The van der Waals surface area contributed by atoms with Crippen molar-refractivity contribution in [1.29, 1.82) is 0 Å². The van der Waals surface area contributed by atoms with E-state index in [9.17, 15) is 9.59 Å². The van der Waals surface area contributed by atoms with Crippen LogP contribution in [0.5, 0.6) is 0 Å². The molecule has 0 spiro atoms. The summed E-state index contributed by atoms with van der Waals surface area (Å²) in [6, 6.07) is 3.46. The van der Waals surface area contributed by atoms with E-state index >= 15 is 0 Å². The maximum absolute atomic E-state index is 11.3. The minimum absolute atomic E-state index is 0.127. The molecule has 5 heteroatoms. The van der Waals surface area contributed by atoms with Crippen LogP contribution in [-0.4, -0.2) is 15.5 Å². The van der Waals surface area contributed by atoms with Gasteiger partial charge in [-0.3, -0.25) is 14.2 Å². The number of halogens is 1. The van der Waals surface area contributed by atoms with Crippen molar-refractivity contribution >= 4 is 32.9 Å². The van der Waals surface area contributed by atoms with Crippen molar-refractivity contribution in [3.8, 4) is 0 Å². The quantitative estimate of drug-likeness (QED) is 0.779. The first-order valence-electron chi connectivity index (χ1n) is 4.00. The van der Waals surface area contributed by atoms with Crippen molar-refractivity contribution in [2.45, 2.75) is 6.92 Å². The van der Waals surface area contributed by atoms with E-state index in [0.717, 1.165) is 5.39 Å². The number of nitrogens with zero attached hydrogens (tertiary/aromatic N) is 1. The number of hydrogen-bond acceptors (Lipinski definition) is 2. The smallest absolute Gasteiger partial charge is 0.263 e. The first-order chi connectivity index (χ1) is 6.59. The molecule has 0 aliphatic rings. The Balaban J connectivity index is 2.87. The minimum Gasteiger partial charge on any atom is -0.307 e. The number of aromatic amines is 1. The molecule has 0 aliphatic heterocycles. The highest BCUT2D eigenvalue weighted by Gasteiger charge is 2.06. The standard InChI is InChI=1S/C9H7BrN2O2/c1-5(13)12-3-2-6-4-7(10)9(14)11-8(6)12/h2-4H,1H3,(H,11,14). The fourth-order valence-corrected chi connectivity index (χ4v) is 1.67. The summed E-state index contributed by atoms with van der Waals surface area (Å²) in [5, 5.41) is 0.826. The lowest BCUT2D eigenvalue weighted by Crippen LogP contribution is -2.11. The zero-order valence-corrected chi connectivity index (χ0v) is 8.96. The lowest BCUT2D eigenvalue weighted by Gasteiger charge is -1.98. The van der Waals surface area contributed by atoms with Crippen LogP contribution >= 0.6 is 15.9 Å². The molecule has 0 fully saturated rings. The molecule has 2 aromatic rings. The second-order valence-corrected chi connectivity index (χ2v) is 3.81.